The summed E-state index contributed by atoms with van der Waals surface area (Å²) in [5, 5.41) is 2.92. The first-order valence-corrected chi connectivity index (χ1v) is 8.14. The quantitative estimate of drug-likeness (QED) is 0.855. The number of fused-ring (bicyclic) bond motifs is 1. The molecule has 130 valence electrons. The van der Waals surface area contributed by atoms with E-state index in [1.807, 2.05) is 30.3 Å². The van der Waals surface area contributed by atoms with Gasteiger partial charge in [-0.3, -0.25) is 9.59 Å². The number of carbonyl (C=O) groups is 2. The number of nitrogens with one attached hydrogen (secondary N) is 1. The molecule has 2 aliphatic rings. The van der Waals surface area contributed by atoms with Crippen LogP contribution >= 0.6 is 12.4 Å². The summed E-state index contributed by atoms with van der Waals surface area (Å²) in [6.45, 7) is 2.03. The molecule has 2 amide bonds. The maximum absolute atomic E-state index is 12.3. The average molecular weight is 350 g/mol. The fraction of sp³-hybridized carbons (Fsp3) is 0.444. The van der Waals surface area contributed by atoms with E-state index in [0.717, 1.165) is 24.0 Å². The Morgan fingerprint density at radius 3 is 2.71 bits per heavy atom. The summed E-state index contributed by atoms with van der Waals surface area (Å²) >= 11 is 0. The summed E-state index contributed by atoms with van der Waals surface area (Å²) in [4.78, 5) is 25.8. The number of hydrogen-bond donors (Lipinski definition) is 2. The fourth-order valence-electron chi connectivity index (χ4n) is 3.08. The Morgan fingerprint density at radius 2 is 2.04 bits per heavy atom. The van der Waals surface area contributed by atoms with Crippen LogP contribution in [-0.4, -0.2) is 29.3 Å². The van der Waals surface area contributed by atoms with Crippen LogP contribution in [0.2, 0.25) is 0 Å². The van der Waals surface area contributed by atoms with Gasteiger partial charge < -0.3 is 16.0 Å². The van der Waals surface area contributed by atoms with Gasteiger partial charge in [0.05, 0.1) is 12.5 Å². The molecule has 3 rings (SSSR count). The number of amides is 2. The molecule has 1 aromatic rings. The molecular weight excluding hydrogens is 326 g/mol. The Labute approximate surface area is 148 Å². The monoisotopic (exact) mass is 349 g/mol. The number of nitrogens with zero attached hydrogens (tertiary/aromatic N) is 1. The van der Waals surface area contributed by atoms with E-state index in [1.165, 1.54) is 6.92 Å². The van der Waals surface area contributed by atoms with Crippen LogP contribution in [0, 0.1) is 5.92 Å². The van der Waals surface area contributed by atoms with Gasteiger partial charge in [0.2, 0.25) is 11.8 Å². The number of hydrogen-bond acceptors (Lipinski definition) is 3. The first kappa shape index (κ1) is 18.5. The van der Waals surface area contributed by atoms with Crippen molar-refractivity contribution in [2.75, 3.05) is 6.54 Å². The van der Waals surface area contributed by atoms with Crippen molar-refractivity contribution in [3.63, 3.8) is 0 Å². The lowest BCUT2D eigenvalue weighted by Gasteiger charge is -2.32. The highest BCUT2D eigenvalue weighted by Gasteiger charge is 2.30. The van der Waals surface area contributed by atoms with Crippen LogP contribution in [0.15, 0.2) is 30.5 Å². The summed E-state index contributed by atoms with van der Waals surface area (Å²) in [5.74, 6) is 0.424. The molecule has 0 bridgehead atoms. The van der Waals surface area contributed by atoms with Crippen molar-refractivity contribution in [2.45, 2.75) is 38.3 Å². The van der Waals surface area contributed by atoms with Gasteiger partial charge in [-0.15, -0.1) is 12.4 Å². The highest BCUT2D eigenvalue weighted by molar-refractivity contribution is 5.85. The Kier molecular flexibility index (Phi) is 6.02. The summed E-state index contributed by atoms with van der Waals surface area (Å²) in [5.41, 5.74) is 8.08. The minimum absolute atomic E-state index is 0. The predicted molar refractivity (Wildman–Crippen MR) is 96.3 cm³/mol. The van der Waals surface area contributed by atoms with E-state index in [9.17, 15) is 9.59 Å². The van der Waals surface area contributed by atoms with Crippen LogP contribution in [0.1, 0.15) is 43.4 Å². The molecule has 1 aliphatic carbocycles. The molecule has 1 aromatic carbocycles. The largest absolute Gasteiger partial charge is 0.354 e. The van der Waals surface area contributed by atoms with Crippen LogP contribution in [0.25, 0.3) is 6.08 Å². The Hall–Kier alpha value is -1.85. The maximum atomic E-state index is 12.3. The van der Waals surface area contributed by atoms with Gasteiger partial charge in [0.25, 0.3) is 0 Å². The van der Waals surface area contributed by atoms with E-state index in [-0.39, 0.29) is 42.7 Å². The van der Waals surface area contributed by atoms with Gasteiger partial charge >= 0.3 is 0 Å². The lowest BCUT2D eigenvalue weighted by molar-refractivity contribution is -0.129. The molecule has 6 heteroatoms. The lowest BCUT2D eigenvalue weighted by Crippen LogP contribution is -2.40. The summed E-state index contributed by atoms with van der Waals surface area (Å²) in [7, 11) is 0. The zero-order chi connectivity index (χ0) is 16.4. The molecule has 1 aliphatic heterocycles. The number of benzene rings is 1. The molecule has 0 radical (unpaired) electrons. The molecule has 1 heterocycles. The molecule has 2 atom stereocenters. The number of halogens is 1. The number of rotatable bonds is 5. The van der Waals surface area contributed by atoms with Crippen molar-refractivity contribution in [1.82, 2.24) is 10.2 Å². The number of nitrogens with two attached hydrogens (primary N) is 1. The normalized spacial score (nSPS) is 19.9. The summed E-state index contributed by atoms with van der Waals surface area (Å²) in [6, 6.07) is 7.65. The van der Waals surface area contributed by atoms with E-state index in [0.29, 0.717) is 12.5 Å². The fourth-order valence-corrected chi connectivity index (χ4v) is 3.08. The molecule has 1 saturated carbocycles. The molecule has 3 N–H and O–H groups in total. The van der Waals surface area contributed by atoms with E-state index < -0.39 is 0 Å². The molecule has 0 aromatic heterocycles. The second-order valence-electron chi connectivity index (χ2n) is 6.40. The van der Waals surface area contributed by atoms with Crippen LogP contribution < -0.4 is 11.1 Å². The summed E-state index contributed by atoms with van der Waals surface area (Å²) in [6.07, 6.45) is 6.25. The van der Waals surface area contributed by atoms with E-state index in [1.54, 1.807) is 11.1 Å². The van der Waals surface area contributed by atoms with E-state index in [4.69, 9.17) is 5.73 Å². The molecular formula is C18H24ClN3O2. The van der Waals surface area contributed by atoms with Crippen molar-refractivity contribution >= 4 is 30.3 Å². The maximum Gasteiger partial charge on any atom is 0.223 e. The highest BCUT2D eigenvalue weighted by Crippen LogP contribution is 2.33. The van der Waals surface area contributed by atoms with Crippen LogP contribution in [-0.2, 0) is 9.59 Å². The second kappa shape index (κ2) is 7.81. The van der Waals surface area contributed by atoms with Crippen molar-refractivity contribution in [2.24, 2.45) is 11.7 Å². The Balaban J connectivity index is 0.00000208. The van der Waals surface area contributed by atoms with E-state index >= 15 is 0 Å². The third-order valence-corrected chi connectivity index (χ3v) is 4.61. The highest BCUT2D eigenvalue weighted by atomic mass is 35.5. The standard InChI is InChI=1S/C18H23N3O2.ClH/c1-12(22)21-9-8-13-4-2-3-5-15(13)17(21)10-18(23)20-11-16(19)14-6-7-14;/h2-5,8-9,14,16-17H,6-7,10-11,19H2,1H3,(H,20,23);1H. The van der Waals surface area contributed by atoms with Gasteiger partial charge in [0.15, 0.2) is 0 Å². The zero-order valence-corrected chi connectivity index (χ0v) is 14.6. The minimum Gasteiger partial charge on any atom is -0.354 e. The first-order valence-electron chi connectivity index (χ1n) is 8.14. The lowest BCUT2D eigenvalue weighted by atomic mass is 9.93. The molecule has 1 fully saturated rings. The average Bonchev–Trinajstić information content (AvgIpc) is 3.37. The van der Waals surface area contributed by atoms with Crippen LogP contribution in [0.5, 0.6) is 0 Å². The molecule has 0 spiro atoms. The van der Waals surface area contributed by atoms with Crippen molar-refractivity contribution in [3.05, 3.63) is 41.6 Å². The molecule has 2 unspecified atom stereocenters. The predicted octanol–water partition coefficient (Wildman–Crippen LogP) is 2.23. The van der Waals surface area contributed by atoms with Gasteiger partial charge in [0.1, 0.15) is 0 Å². The van der Waals surface area contributed by atoms with Crippen LogP contribution in [0.3, 0.4) is 0 Å². The third-order valence-electron chi connectivity index (χ3n) is 4.61. The SMILES string of the molecule is CC(=O)N1C=Cc2ccccc2C1CC(=O)NCC(N)C1CC1.Cl. The van der Waals surface area contributed by atoms with Crippen molar-refractivity contribution < 1.29 is 9.59 Å². The first-order chi connectivity index (χ1) is 11.1. The van der Waals surface area contributed by atoms with Gasteiger partial charge in [-0.05, 0) is 36.0 Å². The van der Waals surface area contributed by atoms with Gasteiger partial charge in [-0.2, -0.15) is 0 Å². The Morgan fingerprint density at radius 1 is 1.33 bits per heavy atom. The Bertz CT molecular complexity index is 643. The summed E-state index contributed by atoms with van der Waals surface area (Å²) < 4.78 is 0. The van der Waals surface area contributed by atoms with Crippen LogP contribution in [0.4, 0.5) is 0 Å². The third kappa shape index (κ3) is 4.16. The topological polar surface area (TPSA) is 75.4 Å². The smallest absolute Gasteiger partial charge is 0.223 e. The number of carbonyl (C=O) groups excluding carboxylic acids is 2. The van der Waals surface area contributed by atoms with Crippen molar-refractivity contribution in [3.8, 4) is 0 Å². The van der Waals surface area contributed by atoms with Crippen molar-refractivity contribution in [1.29, 1.82) is 0 Å². The molecule has 24 heavy (non-hydrogen) atoms. The molecule has 0 saturated heterocycles. The minimum atomic E-state index is -0.258. The van der Waals surface area contributed by atoms with E-state index in [2.05, 4.69) is 5.32 Å². The van der Waals surface area contributed by atoms with Gasteiger partial charge in [-0.25, -0.2) is 0 Å². The zero-order valence-electron chi connectivity index (χ0n) is 13.8. The molecule has 5 nitrogen and oxygen atoms in total. The second-order valence-corrected chi connectivity index (χ2v) is 6.40. The van der Waals surface area contributed by atoms with Gasteiger partial charge in [0, 0.05) is 25.7 Å². The van der Waals surface area contributed by atoms with Gasteiger partial charge in [-0.1, -0.05) is 24.3 Å².